The fourth-order valence-electron chi connectivity index (χ4n) is 0.224. The smallest absolute Gasteiger partial charge is 0.229 e. The lowest BCUT2D eigenvalue weighted by atomic mass is 11.5. The molecule has 0 bridgehead atoms. The Morgan fingerprint density at radius 1 is 1.50 bits per heavy atom. The van der Waals surface area contributed by atoms with Gasteiger partial charge in [0.1, 0.15) is 0 Å². The molecule has 0 aliphatic carbocycles. The monoisotopic (exact) mass is 138 g/mol. The molecule has 0 aromatic carbocycles. The molecule has 0 spiro atoms. The number of nitrogens with two attached hydrogens (primary N) is 2. The van der Waals surface area contributed by atoms with Gasteiger partial charge in [-0.3, -0.25) is 4.57 Å². The molecule has 5 heteroatoms. The number of rotatable bonds is 3. The van der Waals surface area contributed by atoms with E-state index in [0.717, 1.165) is 0 Å². The summed E-state index contributed by atoms with van der Waals surface area (Å²) in [7, 11) is -1.26. The Kier molecular flexibility index (Phi) is 3.24. The van der Waals surface area contributed by atoms with Crippen LogP contribution in [0.15, 0.2) is 0 Å². The van der Waals surface area contributed by atoms with E-state index in [1.807, 2.05) is 0 Å². The molecule has 4 nitrogen and oxygen atoms in total. The summed E-state index contributed by atoms with van der Waals surface area (Å²) in [5.74, 6) is 0. The average Bonchev–Trinajstić information content (AvgIpc) is 1.87. The molecule has 0 aromatic heterocycles. The lowest BCUT2D eigenvalue weighted by molar-refractivity contribution is 0.394. The lowest BCUT2D eigenvalue weighted by Gasteiger charge is -2.08. The minimum Gasteiger partial charge on any atom is -0.330 e. The van der Waals surface area contributed by atoms with Gasteiger partial charge in [0.2, 0.25) is 7.37 Å². The first-order valence-electron chi connectivity index (χ1n) is 2.22. The predicted octanol–water partition coefficient (Wildman–Crippen LogP) is -0.257. The standard InChI is InChI=1S/C3H11N2O2P/c1-7-8(6,2-4)3-5/h2-5H2,1H3. The molecular formula is C3H11N2O2P. The second-order valence-electron chi connectivity index (χ2n) is 1.36. The van der Waals surface area contributed by atoms with Crippen LogP contribution in [0.1, 0.15) is 0 Å². The largest absolute Gasteiger partial charge is 0.330 e. The summed E-state index contributed by atoms with van der Waals surface area (Å²) >= 11 is 0. The van der Waals surface area contributed by atoms with E-state index in [-0.39, 0.29) is 12.6 Å². The van der Waals surface area contributed by atoms with Crippen molar-refractivity contribution in [2.24, 2.45) is 11.5 Å². The quantitative estimate of drug-likeness (QED) is 0.527. The van der Waals surface area contributed by atoms with Gasteiger partial charge in [-0.1, -0.05) is 0 Å². The summed E-state index contributed by atoms with van der Waals surface area (Å²) in [6.07, 6.45) is 0.0556. The van der Waals surface area contributed by atoms with E-state index in [0.29, 0.717) is 0 Å². The Hall–Kier alpha value is 0.110. The first-order valence-corrected chi connectivity index (χ1v) is 4.22. The fourth-order valence-corrected chi connectivity index (χ4v) is 0.671. The fraction of sp³-hybridized carbons (Fsp3) is 1.00. The summed E-state index contributed by atoms with van der Waals surface area (Å²) in [6, 6.07) is 0. The summed E-state index contributed by atoms with van der Waals surface area (Å²) in [5.41, 5.74) is 10.1. The van der Waals surface area contributed by atoms with Crippen molar-refractivity contribution in [3.63, 3.8) is 0 Å². The Labute approximate surface area is 48.6 Å². The van der Waals surface area contributed by atoms with Crippen LogP contribution in [0.3, 0.4) is 0 Å². The minimum absolute atomic E-state index is 0.0278. The molecule has 0 aliphatic heterocycles. The van der Waals surface area contributed by atoms with Gasteiger partial charge in [-0.2, -0.15) is 0 Å². The van der Waals surface area contributed by atoms with Crippen molar-refractivity contribution < 1.29 is 9.09 Å². The van der Waals surface area contributed by atoms with Crippen molar-refractivity contribution in [1.82, 2.24) is 0 Å². The van der Waals surface area contributed by atoms with Gasteiger partial charge in [0.25, 0.3) is 0 Å². The Morgan fingerprint density at radius 2 is 1.88 bits per heavy atom. The van der Waals surface area contributed by atoms with Crippen LogP contribution in [0.25, 0.3) is 0 Å². The van der Waals surface area contributed by atoms with Gasteiger partial charge in [-0.05, 0) is 0 Å². The van der Waals surface area contributed by atoms with Gasteiger partial charge in [0, 0.05) is 7.11 Å². The van der Waals surface area contributed by atoms with Crippen molar-refractivity contribution in [3.05, 3.63) is 0 Å². The van der Waals surface area contributed by atoms with Crippen molar-refractivity contribution in [3.8, 4) is 0 Å². The zero-order chi connectivity index (χ0) is 6.62. The van der Waals surface area contributed by atoms with Gasteiger partial charge in [0.15, 0.2) is 0 Å². The summed E-state index contributed by atoms with van der Waals surface area (Å²) in [6.45, 7) is 0. The van der Waals surface area contributed by atoms with E-state index in [4.69, 9.17) is 11.5 Å². The maximum absolute atomic E-state index is 10.8. The van der Waals surface area contributed by atoms with Crippen LogP contribution in [-0.2, 0) is 9.09 Å². The lowest BCUT2D eigenvalue weighted by Crippen LogP contribution is -2.10. The summed E-state index contributed by atoms with van der Waals surface area (Å²) < 4.78 is 15.4. The normalized spacial score (nSPS) is 11.9. The van der Waals surface area contributed by atoms with Crippen molar-refractivity contribution >= 4 is 7.37 Å². The third-order valence-corrected chi connectivity index (χ3v) is 2.67. The maximum Gasteiger partial charge on any atom is 0.229 e. The molecule has 0 heterocycles. The molecule has 0 amide bonds. The molecule has 8 heavy (non-hydrogen) atoms. The van der Waals surface area contributed by atoms with Crippen LogP contribution in [0, 0.1) is 0 Å². The molecule has 0 saturated heterocycles. The molecule has 0 aliphatic rings. The highest BCUT2D eigenvalue weighted by molar-refractivity contribution is 7.58. The predicted molar refractivity (Wildman–Crippen MR) is 32.7 cm³/mol. The van der Waals surface area contributed by atoms with Gasteiger partial charge >= 0.3 is 0 Å². The molecule has 4 N–H and O–H groups in total. The highest BCUT2D eigenvalue weighted by Gasteiger charge is 2.14. The highest BCUT2D eigenvalue weighted by Crippen LogP contribution is 2.41. The minimum atomic E-state index is -2.61. The highest BCUT2D eigenvalue weighted by atomic mass is 31.2. The van der Waals surface area contributed by atoms with Crippen LogP contribution in [0.4, 0.5) is 0 Å². The Morgan fingerprint density at radius 3 is 1.88 bits per heavy atom. The van der Waals surface area contributed by atoms with Crippen molar-refractivity contribution in [1.29, 1.82) is 0 Å². The van der Waals surface area contributed by atoms with Crippen molar-refractivity contribution in [2.45, 2.75) is 0 Å². The Bertz CT molecular complexity index is 86.4. The van der Waals surface area contributed by atoms with Crippen LogP contribution >= 0.6 is 7.37 Å². The van der Waals surface area contributed by atoms with Gasteiger partial charge in [-0.25, -0.2) is 0 Å². The number of hydrogen-bond acceptors (Lipinski definition) is 4. The molecular weight excluding hydrogens is 127 g/mol. The summed E-state index contributed by atoms with van der Waals surface area (Å²) in [5, 5.41) is 0. The molecule has 0 atom stereocenters. The zero-order valence-electron chi connectivity index (χ0n) is 4.83. The SMILES string of the molecule is COP(=O)(CN)CN. The zero-order valence-corrected chi connectivity index (χ0v) is 5.73. The second kappa shape index (κ2) is 3.20. The molecule has 0 unspecified atom stereocenters. The van der Waals surface area contributed by atoms with E-state index in [1.54, 1.807) is 0 Å². The Balaban J connectivity index is 3.79. The maximum atomic E-state index is 10.8. The van der Waals surface area contributed by atoms with E-state index in [1.165, 1.54) is 7.11 Å². The summed E-state index contributed by atoms with van der Waals surface area (Å²) in [4.78, 5) is 0. The molecule has 50 valence electrons. The van der Waals surface area contributed by atoms with Crippen LogP contribution in [0.2, 0.25) is 0 Å². The van der Waals surface area contributed by atoms with Crippen LogP contribution in [0.5, 0.6) is 0 Å². The van der Waals surface area contributed by atoms with Crippen molar-refractivity contribution in [2.75, 3.05) is 19.7 Å². The average molecular weight is 138 g/mol. The molecule has 0 rings (SSSR count). The second-order valence-corrected chi connectivity index (χ2v) is 4.09. The molecule has 0 radical (unpaired) electrons. The van der Waals surface area contributed by atoms with Crippen LogP contribution in [-0.4, -0.2) is 19.7 Å². The topological polar surface area (TPSA) is 78.3 Å². The first kappa shape index (κ1) is 8.11. The third kappa shape index (κ3) is 1.92. The number of hydrogen-bond donors (Lipinski definition) is 2. The molecule has 0 aromatic rings. The van der Waals surface area contributed by atoms with E-state index in [2.05, 4.69) is 4.52 Å². The van der Waals surface area contributed by atoms with E-state index in [9.17, 15) is 4.57 Å². The molecule has 0 fully saturated rings. The van der Waals surface area contributed by atoms with Gasteiger partial charge in [0.05, 0.1) is 12.6 Å². The van der Waals surface area contributed by atoms with E-state index < -0.39 is 7.37 Å². The first-order chi connectivity index (χ1) is 3.68. The van der Waals surface area contributed by atoms with Crippen LogP contribution < -0.4 is 11.5 Å². The van der Waals surface area contributed by atoms with Gasteiger partial charge in [-0.15, -0.1) is 0 Å². The molecule has 0 saturated carbocycles. The van der Waals surface area contributed by atoms with Gasteiger partial charge < -0.3 is 16.0 Å². The van der Waals surface area contributed by atoms with E-state index >= 15 is 0 Å². The third-order valence-electron chi connectivity index (χ3n) is 0.889.